The molecule has 33 heavy (non-hydrogen) atoms. The largest absolute Gasteiger partial charge is 0.352 e. The second kappa shape index (κ2) is 12.9. The fourth-order valence-electron chi connectivity index (χ4n) is 4.07. The van der Waals surface area contributed by atoms with Crippen LogP contribution in [0.2, 0.25) is 15.1 Å². The lowest BCUT2D eigenvalue weighted by atomic mass is 10.1. The first-order chi connectivity index (χ1) is 15.9. The molecule has 1 aliphatic rings. The van der Waals surface area contributed by atoms with Crippen LogP contribution in [0.5, 0.6) is 0 Å². The standard InChI is InChI=1S/C25H29Cl3N2O2S/c1-2-23(25(32)29-19-8-4-5-9-19)30(14-17-11-12-21(27)22(28)13-17)24(31)16-33-15-18-7-3-6-10-20(18)26/h3,6-7,10-13,19,23H,2,4-5,8-9,14-16H2,1H3,(H,29,32)/t23-/m0/s1. The number of carbonyl (C=O) groups excluding carboxylic acids is 2. The minimum Gasteiger partial charge on any atom is -0.352 e. The SMILES string of the molecule is CC[C@@H](C(=O)NC1CCCC1)N(Cc1ccc(Cl)c(Cl)c1)C(=O)CSCc1ccccc1Cl. The Labute approximate surface area is 215 Å². The Morgan fingerprint density at radius 1 is 1.06 bits per heavy atom. The number of thioether (sulfide) groups is 1. The molecule has 2 aromatic carbocycles. The van der Waals surface area contributed by atoms with Crippen molar-refractivity contribution in [3.63, 3.8) is 0 Å². The van der Waals surface area contributed by atoms with Gasteiger partial charge in [-0.05, 0) is 48.6 Å². The number of carbonyl (C=O) groups is 2. The Morgan fingerprint density at radius 3 is 2.45 bits per heavy atom. The van der Waals surface area contributed by atoms with Gasteiger partial charge in [-0.25, -0.2) is 0 Å². The van der Waals surface area contributed by atoms with Gasteiger partial charge in [-0.15, -0.1) is 11.8 Å². The second-order valence-electron chi connectivity index (χ2n) is 8.27. The normalized spacial score (nSPS) is 14.8. The Kier molecular flexibility index (Phi) is 10.2. The van der Waals surface area contributed by atoms with Gasteiger partial charge in [0.25, 0.3) is 0 Å². The molecule has 0 spiro atoms. The number of nitrogens with one attached hydrogen (secondary N) is 1. The second-order valence-corrected chi connectivity index (χ2v) is 10.5. The molecule has 1 atom stereocenters. The minimum atomic E-state index is -0.548. The van der Waals surface area contributed by atoms with Crippen LogP contribution in [0.15, 0.2) is 42.5 Å². The van der Waals surface area contributed by atoms with Crippen molar-refractivity contribution in [2.24, 2.45) is 0 Å². The van der Waals surface area contributed by atoms with E-state index in [1.165, 1.54) is 11.8 Å². The molecule has 0 heterocycles. The quantitative estimate of drug-likeness (QED) is 0.372. The predicted molar refractivity (Wildman–Crippen MR) is 139 cm³/mol. The molecule has 1 N–H and O–H groups in total. The average molecular weight is 528 g/mol. The maximum absolute atomic E-state index is 13.3. The summed E-state index contributed by atoms with van der Waals surface area (Å²) in [6, 6.07) is 12.6. The van der Waals surface area contributed by atoms with E-state index in [1.807, 2.05) is 37.3 Å². The highest BCUT2D eigenvalue weighted by atomic mass is 35.5. The van der Waals surface area contributed by atoms with E-state index in [0.29, 0.717) is 33.8 Å². The van der Waals surface area contributed by atoms with E-state index in [0.717, 1.165) is 36.8 Å². The van der Waals surface area contributed by atoms with Crippen LogP contribution in [0, 0.1) is 0 Å². The summed E-state index contributed by atoms with van der Waals surface area (Å²) in [5.41, 5.74) is 1.82. The number of hydrogen-bond acceptors (Lipinski definition) is 3. The van der Waals surface area contributed by atoms with Crippen molar-refractivity contribution >= 4 is 58.4 Å². The summed E-state index contributed by atoms with van der Waals surface area (Å²) < 4.78 is 0. The molecule has 1 saturated carbocycles. The van der Waals surface area contributed by atoms with Crippen molar-refractivity contribution < 1.29 is 9.59 Å². The molecule has 0 bridgehead atoms. The van der Waals surface area contributed by atoms with Crippen molar-refractivity contribution in [3.8, 4) is 0 Å². The van der Waals surface area contributed by atoms with Crippen molar-refractivity contribution in [1.29, 1.82) is 0 Å². The Hall–Kier alpha value is -1.40. The summed E-state index contributed by atoms with van der Waals surface area (Å²) in [5, 5.41) is 4.73. The van der Waals surface area contributed by atoms with Crippen molar-refractivity contribution in [2.75, 3.05) is 5.75 Å². The number of amides is 2. The number of benzene rings is 2. The maximum Gasteiger partial charge on any atom is 0.243 e. The Balaban J connectivity index is 1.73. The highest BCUT2D eigenvalue weighted by molar-refractivity contribution is 7.99. The van der Waals surface area contributed by atoms with E-state index in [-0.39, 0.29) is 23.6 Å². The van der Waals surface area contributed by atoms with Crippen LogP contribution in [0.1, 0.15) is 50.2 Å². The molecule has 2 amide bonds. The van der Waals surface area contributed by atoms with Crippen molar-refractivity contribution in [1.82, 2.24) is 10.2 Å². The van der Waals surface area contributed by atoms with Gasteiger partial charge in [0, 0.05) is 23.4 Å². The summed E-state index contributed by atoms with van der Waals surface area (Å²) >= 11 is 20.0. The molecule has 2 aromatic rings. The van der Waals surface area contributed by atoms with Crippen LogP contribution in [0.4, 0.5) is 0 Å². The minimum absolute atomic E-state index is 0.0890. The lowest BCUT2D eigenvalue weighted by Crippen LogP contribution is -2.51. The molecule has 178 valence electrons. The highest BCUT2D eigenvalue weighted by Gasteiger charge is 2.30. The summed E-state index contributed by atoms with van der Waals surface area (Å²) in [6.45, 7) is 2.23. The number of nitrogens with zero attached hydrogens (tertiary/aromatic N) is 1. The zero-order chi connectivity index (χ0) is 23.8. The van der Waals surface area contributed by atoms with Crippen molar-refractivity contribution in [2.45, 2.75) is 63.4 Å². The first kappa shape index (κ1) is 26.2. The first-order valence-corrected chi connectivity index (χ1v) is 13.5. The third kappa shape index (κ3) is 7.54. The van der Waals surface area contributed by atoms with E-state index < -0.39 is 6.04 Å². The Morgan fingerprint density at radius 2 is 1.79 bits per heavy atom. The third-order valence-corrected chi connectivity index (χ3v) is 7.94. The summed E-state index contributed by atoms with van der Waals surface area (Å²) in [6.07, 6.45) is 4.78. The first-order valence-electron chi connectivity index (χ1n) is 11.2. The van der Waals surface area contributed by atoms with Crippen LogP contribution in [0.3, 0.4) is 0 Å². The van der Waals surface area contributed by atoms with Crippen LogP contribution < -0.4 is 5.32 Å². The topological polar surface area (TPSA) is 49.4 Å². The maximum atomic E-state index is 13.3. The zero-order valence-corrected chi connectivity index (χ0v) is 21.7. The highest BCUT2D eigenvalue weighted by Crippen LogP contribution is 2.26. The van der Waals surface area contributed by atoms with Crippen molar-refractivity contribution in [3.05, 3.63) is 68.7 Å². The van der Waals surface area contributed by atoms with Gasteiger partial charge < -0.3 is 10.2 Å². The monoisotopic (exact) mass is 526 g/mol. The fourth-order valence-corrected chi connectivity index (χ4v) is 5.58. The van der Waals surface area contributed by atoms with Gasteiger partial charge in [0.2, 0.25) is 11.8 Å². The van der Waals surface area contributed by atoms with Crippen LogP contribution in [-0.2, 0) is 21.9 Å². The Bertz CT molecular complexity index is 966. The predicted octanol–water partition coefficient (Wildman–Crippen LogP) is 6.75. The third-order valence-electron chi connectivity index (χ3n) is 5.87. The molecule has 4 nitrogen and oxygen atoms in total. The van der Waals surface area contributed by atoms with Crippen LogP contribution >= 0.6 is 46.6 Å². The zero-order valence-electron chi connectivity index (χ0n) is 18.7. The lowest BCUT2D eigenvalue weighted by molar-refractivity contribution is -0.139. The average Bonchev–Trinajstić information content (AvgIpc) is 3.30. The van der Waals surface area contributed by atoms with E-state index in [2.05, 4.69) is 5.32 Å². The molecule has 0 saturated heterocycles. The van der Waals surface area contributed by atoms with E-state index in [4.69, 9.17) is 34.8 Å². The summed E-state index contributed by atoms with van der Waals surface area (Å²) in [5.74, 6) is 0.692. The van der Waals surface area contributed by atoms with Gasteiger partial charge in [-0.1, -0.05) is 78.8 Å². The van der Waals surface area contributed by atoms with E-state index in [1.54, 1.807) is 17.0 Å². The molecule has 0 radical (unpaired) electrons. The summed E-state index contributed by atoms with van der Waals surface area (Å²) in [4.78, 5) is 28.2. The van der Waals surface area contributed by atoms with Gasteiger partial charge >= 0.3 is 0 Å². The van der Waals surface area contributed by atoms with E-state index >= 15 is 0 Å². The van der Waals surface area contributed by atoms with Gasteiger partial charge in [-0.3, -0.25) is 9.59 Å². The van der Waals surface area contributed by atoms with Gasteiger partial charge in [0.1, 0.15) is 6.04 Å². The molecular weight excluding hydrogens is 499 g/mol. The number of hydrogen-bond donors (Lipinski definition) is 1. The molecule has 8 heteroatoms. The molecular formula is C25H29Cl3N2O2S. The lowest BCUT2D eigenvalue weighted by Gasteiger charge is -2.31. The number of halogens is 3. The van der Waals surface area contributed by atoms with Crippen LogP contribution in [-0.4, -0.2) is 34.6 Å². The number of rotatable bonds is 10. The van der Waals surface area contributed by atoms with Gasteiger partial charge in [0.15, 0.2) is 0 Å². The molecule has 3 rings (SSSR count). The molecule has 1 fully saturated rings. The fraction of sp³-hybridized carbons (Fsp3) is 0.440. The molecule has 1 aliphatic carbocycles. The molecule has 0 aliphatic heterocycles. The van der Waals surface area contributed by atoms with Gasteiger partial charge in [-0.2, -0.15) is 0 Å². The smallest absolute Gasteiger partial charge is 0.243 e. The summed E-state index contributed by atoms with van der Waals surface area (Å²) in [7, 11) is 0. The van der Waals surface area contributed by atoms with Crippen LogP contribution in [0.25, 0.3) is 0 Å². The molecule has 0 unspecified atom stereocenters. The molecule has 0 aromatic heterocycles. The van der Waals surface area contributed by atoms with Gasteiger partial charge in [0.05, 0.1) is 15.8 Å². The van der Waals surface area contributed by atoms with E-state index in [9.17, 15) is 9.59 Å².